The van der Waals surface area contributed by atoms with Crippen molar-refractivity contribution >= 4 is 15.9 Å². The van der Waals surface area contributed by atoms with E-state index >= 15 is 0 Å². The molecule has 1 aliphatic carbocycles. The fraction of sp³-hybridized carbons (Fsp3) is 0.571. The zero-order valence-corrected chi connectivity index (χ0v) is 12.3. The van der Waals surface area contributed by atoms with Gasteiger partial charge in [0.05, 0.1) is 4.47 Å². The standard InChI is InChI=1S/C14H20BrFN2/c1-18(12-7-5-11(17)6-8-12)9-10-3-2-4-13(16)14(10)15/h2-4,11-12H,5-9,17H2,1H3. The predicted octanol–water partition coefficient (Wildman–Crippen LogP) is 3.29. The Bertz CT molecular complexity index is 403. The van der Waals surface area contributed by atoms with Crippen LogP contribution in [-0.4, -0.2) is 24.0 Å². The zero-order valence-electron chi connectivity index (χ0n) is 10.7. The van der Waals surface area contributed by atoms with E-state index in [9.17, 15) is 4.39 Å². The van der Waals surface area contributed by atoms with Gasteiger partial charge in [0, 0.05) is 18.6 Å². The molecule has 0 unspecified atom stereocenters. The molecule has 2 nitrogen and oxygen atoms in total. The summed E-state index contributed by atoms with van der Waals surface area (Å²) in [5.41, 5.74) is 6.92. The van der Waals surface area contributed by atoms with Gasteiger partial charge in [-0.1, -0.05) is 12.1 Å². The van der Waals surface area contributed by atoms with Crippen molar-refractivity contribution in [3.05, 3.63) is 34.1 Å². The average molecular weight is 315 g/mol. The van der Waals surface area contributed by atoms with Gasteiger partial charge in [-0.2, -0.15) is 0 Å². The highest BCUT2D eigenvalue weighted by molar-refractivity contribution is 9.10. The minimum atomic E-state index is -0.188. The first kappa shape index (κ1) is 14.0. The summed E-state index contributed by atoms with van der Waals surface area (Å²) in [5, 5.41) is 0. The van der Waals surface area contributed by atoms with E-state index in [0.717, 1.165) is 37.8 Å². The lowest BCUT2D eigenvalue weighted by atomic mass is 9.91. The summed E-state index contributed by atoms with van der Waals surface area (Å²) in [7, 11) is 2.11. The van der Waals surface area contributed by atoms with Gasteiger partial charge in [-0.05, 0) is 60.3 Å². The lowest BCUT2D eigenvalue weighted by Gasteiger charge is -2.33. The molecule has 0 aromatic heterocycles. The molecule has 0 bridgehead atoms. The van der Waals surface area contributed by atoms with Crippen molar-refractivity contribution in [1.29, 1.82) is 0 Å². The lowest BCUT2D eigenvalue weighted by Crippen LogP contribution is -2.38. The Kier molecular flexibility index (Phi) is 4.76. The van der Waals surface area contributed by atoms with Crippen molar-refractivity contribution in [2.45, 2.75) is 44.3 Å². The van der Waals surface area contributed by atoms with Crippen LogP contribution in [-0.2, 0) is 6.54 Å². The first-order valence-electron chi connectivity index (χ1n) is 6.46. The summed E-state index contributed by atoms with van der Waals surface area (Å²) in [6, 6.07) is 6.15. The van der Waals surface area contributed by atoms with E-state index in [1.807, 2.05) is 6.07 Å². The minimum Gasteiger partial charge on any atom is -0.328 e. The van der Waals surface area contributed by atoms with Crippen LogP contribution in [0, 0.1) is 5.82 Å². The number of benzene rings is 1. The van der Waals surface area contributed by atoms with Gasteiger partial charge < -0.3 is 5.73 Å². The normalized spacial score (nSPS) is 24.5. The minimum absolute atomic E-state index is 0.188. The molecule has 1 saturated carbocycles. The van der Waals surface area contributed by atoms with E-state index in [0.29, 0.717) is 16.6 Å². The highest BCUT2D eigenvalue weighted by Crippen LogP contribution is 2.26. The van der Waals surface area contributed by atoms with Crippen molar-refractivity contribution in [2.75, 3.05) is 7.05 Å². The second-order valence-corrected chi connectivity index (χ2v) is 5.99. The van der Waals surface area contributed by atoms with Crippen molar-refractivity contribution in [2.24, 2.45) is 5.73 Å². The molecule has 0 aliphatic heterocycles. The SMILES string of the molecule is CN(Cc1cccc(F)c1Br)C1CCC(N)CC1. The van der Waals surface area contributed by atoms with Gasteiger partial charge in [-0.15, -0.1) is 0 Å². The summed E-state index contributed by atoms with van der Waals surface area (Å²) in [5.74, 6) is -0.188. The molecule has 1 aromatic rings. The molecular formula is C14H20BrFN2. The Balaban J connectivity index is 1.98. The van der Waals surface area contributed by atoms with Gasteiger partial charge in [0.25, 0.3) is 0 Å². The third kappa shape index (κ3) is 3.31. The maximum Gasteiger partial charge on any atom is 0.137 e. The van der Waals surface area contributed by atoms with Crippen LogP contribution in [0.5, 0.6) is 0 Å². The molecule has 0 spiro atoms. The Morgan fingerprint density at radius 1 is 1.33 bits per heavy atom. The molecule has 0 saturated heterocycles. The van der Waals surface area contributed by atoms with E-state index in [1.54, 1.807) is 6.07 Å². The summed E-state index contributed by atoms with van der Waals surface area (Å²) >= 11 is 3.32. The monoisotopic (exact) mass is 314 g/mol. The van der Waals surface area contributed by atoms with E-state index in [4.69, 9.17) is 5.73 Å². The first-order chi connectivity index (χ1) is 8.58. The molecule has 2 rings (SSSR count). The molecule has 0 amide bonds. The van der Waals surface area contributed by atoms with Crippen LogP contribution in [0.25, 0.3) is 0 Å². The second kappa shape index (κ2) is 6.13. The van der Waals surface area contributed by atoms with Gasteiger partial charge in [-0.25, -0.2) is 4.39 Å². The molecule has 4 heteroatoms. The fourth-order valence-electron chi connectivity index (χ4n) is 2.61. The summed E-state index contributed by atoms with van der Waals surface area (Å²) in [6.07, 6.45) is 4.48. The number of rotatable bonds is 3. The third-order valence-corrected chi connectivity index (χ3v) is 4.70. The fourth-order valence-corrected chi connectivity index (χ4v) is 3.00. The van der Waals surface area contributed by atoms with Gasteiger partial charge in [0.15, 0.2) is 0 Å². The maximum absolute atomic E-state index is 13.4. The summed E-state index contributed by atoms with van der Waals surface area (Å²) < 4.78 is 14.0. The van der Waals surface area contributed by atoms with Crippen LogP contribution in [0.2, 0.25) is 0 Å². The number of hydrogen-bond donors (Lipinski definition) is 1. The molecular weight excluding hydrogens is 295 g/mol. The number of halogens is 2. The Labute approximate surface area is 116 Å². The predicted molar refractivity (Wildman–Crippen MR) is 75.8 cm³/mol. The smallest absolute Gasteiger partial charge is 0.137 e. The largest absolute Gasteiger partial charge is 0.328 e. The maximum atomic E-state index is 13.4. The van der Waals surface area contributed by atoms with E-state index in [1.165, 1.54) is 6.07 Å². The highest BCUT2D eigenvalue weighted by Gasteiger charge is 2.22. The van der Waals surface area contributed by atoms with Crippen molar-refractivity contribution in [3.63, 3.8) is 0 Å². The Morgan fingerprint density at radius 2 is 2.00 bits per heavy atom. The van der Waals surface area contributed by atoms with Gasteiger partial charge in [-0.3, -0.25) is 4.90 Å². The topological polar surface area (TPSA) is 29.3 Å². The zero-order chi connectivity index (χ0) is 13.1. The number of nitrogens with zero attached hydrogens (tertiary/aromatic N) is 1. The molecule has 0 atom stereocenters. The van der Waals surface area contributed by atoms with Crippen LogP contribution < -0.4 is 5.73 Å². The molecule has 2 N–H and O–H groups in total. The first-order valence-corrected chi connectivity index (χ1v) is 7.26. The molecule has 0 heterocycles. The summed E-state index contributed by atoms with van der Waals surface area (Å²) in [4.78, 5) is 2.31. The highest BCUT2D eigenvalue weighted by atomic mass is 79.9. The number of nitrogens with two attached hydrogens (primary N) is 1. The van der Waals surface area contributed by atoms with Gasteiger partial charge in [0.2, 0.25) is 0 Å². The van der Waals surface area contributed by atoms with Crippen molar-refractivity contribution in [3.8, 4) is 0 Å². The van der Waals surface area contributed by atoms with E-state index in [2.05, 4.69) is 27.9 Å². The lowest BCUT2D eigenvalue weighted by molar-refractivity contribution is 0.176. The van der Waals surface area contributed by atoms with Gasteiger partial charge >= 0.3 is 0 Å². The Morgan fingerprint density at radius 3 is 2.67 bits per heavy atom. The molecule has 1 aromatic carbocycles. The van der Waals surface area contributed by atoms with Crippen LogP contribution in [0.4, 0.5) is 4.39 Å². The molecule has 100 valence electrons. The van der Waals surface area contributed by atoms with Gasteiger partial charge in [0.1, 0.15) is 5.82 Å². The second-order valence-electron chi connectivity index (χ2n) is 5.20. The Hall–Kier alpha value is -0.450. The molecule has 0 radical (unpaired) electrons. The van der Waals surface area contributed by atoms with Crippen LogP contribution in [0.3, 0.4) is 0 Å². The van der Waals surface area contributed by atoms with Crippen LogP contribution >= 0.6 is 15.9 Å². The quantitative estimate of drug-likeness (QED) is 0.927. The molecule has 18 heavy (non-hydrogen) atoms. The number of hydrogen-bond acceptors (Lipinski definition) is 2. The summed E-state index contributed by atoms with van der Waals surface area (Å²) in [6.45, 7) is 0.776. The van der Waals surface area contributed by atoms with Crippen molar-refractivity contribution in [1.82, 2.24) is 4.90 Å². The van der Waals surface area contributed by atoms with E-state index < -0.39 is 0 Å². The molecule has 1 fully saturated rings. The van der Waals surface area contributed by atoms with Crippen molar-refractivity contribution < 1.29 is 4.39 Å². The third-order valence-electron chi connectivity index (χ3n) is 3.82. The average Bonchev–Trinajstić information content (AvgIpc) is 2.36. The molecule has 1 aliphatic rings. The van der Waals surface area contributed by atoms with Crippen LogP contribution in [0.15, 0.2) is 22.7 Å². The van der Waals surface area contributed by atoms with Crippen LogP contribution in [0.1, 0.15) is 31.2 Å². The van der Waals surface area contributed by atoms with E-state index in [-0.39, 0.29) is 5.82 Å².